The number of hydrazone groups is 1. The summed E-state index contributed by atoms with van der Waals surface area (Å²) >= 11 is 0. The number of para-hydroxylation sites is 1. The Morgan fingerprint density at radius 2 is 1.78 bits per heavy atom. The van der Waals surface area contributed by atoms with Gasteiger partial charge in [-0.3, -0.25) is 14.9 Å². The number of nitro groups is 1. The van der Waals surface area contributed by atoms with E-state index in [9.17, 15) is 14.9 Å². The van der Waals surface area contributed by atoms with Gasteiger partial charge in [0, 0.05) is 11.6 Å². The molecular formula is C17H17N3O3. The lowest BCUT2D eigenvalue weighted by molar-refractivity contribution is -0.385. The lowest BCUT2D eigenvalue weighted by Gasteiger charge is -2.06. The van der Waals surface area contributed by atoms with E-state index in [4.69, 9.17) is 0 Å². The topological polar surface area (TPSA) is 84.6 Å². The van der Waals surface area contributed by atoms with Crippen molar-refractivity contribution in [3.8, 4) is 0 Å². The number of carbonyl (C=O) groups is 1. The lowest BCUT2D eigenvalue weighted by Crippen LogP contribution is -2.19. The van der Waals surface area contributed by atoms with Gasteiger partial charge in [-0.1, -0.05) is 29.8 Å². The summed E-state index contributed by atoms with van der Waals surface area (Å²) < 4.78 is 0. The molecule has 0 atom stereocenters. The van der Waals surface area contributed by atoms with Crippen molar-refractivity contribution in [1.82, 2.24) is 5.43 Å². The number of nitro benzene ring substituents is 1. The summed E-state index contributed by atoms with van der Waals surface area (Å²) in [6.07, 6.45) is 1.55. The van der Waals surface area contributed by atoms with Crippen LogP contribution in [0.3, 0.4) is 0 Å². The number of nitrogens with zero attached hydrogens (tertiary/aromatic N) is 2. The quantitative estimate of drug-likeness (QED) is 0.534. The van der Waals surface area contributed by atoms with Gasteiger partial charge in [0.15, 0.2) is 0 Å². The van der Waals surface area contributed by atoms with Crippen LogP contribution in [-0.2, 0) is 0 Å². The second-order valence-electron chi connectivity index (χ2n) is 5.29. The third-order valence-electron chi connectivity index (χ3n) is 3.44. The molecule has 2 rings (SSSR count). The maximum atomic E-state index is 12.1. The lowest BCUT2D eigenvalue weighted by atomic mass is 10.0. The molecule has 0 radical (unpaired) electrons. The summed E-state index contributed by atoms with van der Waals surface area (Å²) in [4.78, 5) is 22.4. The van der Waals surface area contributed by atoms with Crippen molar-refractivity contribution in [3.63, 3.8) is 0 Å². The number of carbonyl (C=O) groups excluding carboxylic acids is 1. The average Bonchev–Trinajstić information content (AvgIpc) is 2.49. The average molecular weight is 311 g/mol. The minimum atomic E-state index is -0.615. The van der Waals surface area contributed by atoms with Crippen LogP contribution in [0, 0.1) is 30.9 Å². The molecule has 6 nitrogen and oxygen atoms in total. The normalized spacial score (nSPS) is 10.7. The van der Waals surface area contributed by atoms with Crippen molar-refractivity contribution in [2.75, 3.05) is 0 Å². The number of aryl methyl sites for hydroxylation is 3. The van der Waals surface area contributed by atoms with Gasteiger partial charge >= 0.3 is 0 Å². The third kappa shape index (κ3) is 3.79. The fourth-order valence-electron chi connectivity index (χ4n) is 2.44. The second-order valence-corrected chi connectivity index (χ2v) is 5.29. The van der Waals surface area contributed by atoms with Crippen molar-refractivity contribution in [1.29, 1.82) is 0 Å². The van der Waals surface area contributed by atoms with Gasteiger partial charge in [-0.2, -0.15) is 5.10 Å². The smallest absolute Gasteiger partial charge is 0.267 e. The van der Waals surface area contributed by atoms with E-state index in [2.05, 4.69) is 10.5 Å². The summed E-state index contributed by atoms with van der Waals surface area (Å²) in [5.41, 5.74) is 6.23. The summed E-state index contributed by atoms with van der Waals surface area (Å²) in [7, 11) is 0. The van der Waals surface area contributed by atoms with Gasteiger partial charge < -0.3 is 0 Å². The first-order valence-electron chi connectivity index (χ1n) is 7.05. The summed E-state index contributed by atoms with van der Waals surface area (Å²) in [5, 5.41) is 14.9. The van der Waals surface area contributed by atoms with Gasteiger partial charge in [0.05, 0.1) is 11.1 Å². The van der Waals surface area contributed by atoms with E-state index >= 15 is 0 Å². The number of nitrogens with one attached hydrogen (secondary N) is 1. The van der Waals surface area contributed by atoms with Gasteiger partial charge in [-0.05, 0) is 38.0 Å². The predicted octanol–water partition coefficient (Wildman–Crippen LogP) is 3.28. The summed E-state index contributed by atoms with van der Waals surface area (Å²) in [5.74, 6) is -0.615. The fraction of sp³-hybridized carbons (Fsp3) is 0.176. The Kier molecular flexibility index (Phi) is 4.85. The third-order valence-corrected chi connectivity index (χ3v) is 3.44. The molecule has 0 unspecified atom stereocenters. The molecule has 0 saturated heterocycles. The zero-order valence-corrected chi connectivity index (χ0v) is 13.2. The molecule has 23 heavy (non-hydrogen) atoms. The minimum absolute atomic E-state index is 0.0213. The van der Waals surface area contributed by atoms with Crippen LogP contribution < -0.4 is 5.43 Å². The van der Waals surface area contributed by atoms with Crippen LogP contribution in [0.25, 0.3) is 0 Å². The van der Waals surface area contributed by atoms with Crippen molar-refractivity contribution >= 4 is 17.8 Å². The number of amides is 1. The molecule has 0 spiro atoms. The molecule has 0 aliphatic rings. The van der Waals surface area contributed by atoms with Crippen LogP contribution in [-0.4, -0.2) is 17.0 Å². The number of benzene rings is 2. The molecule has 1 amide bonds. The van der Waals surface area contributed by atoms with Gasteiger partial charge in [0.25, 0.3) is 11.6 Å². The predicted molar refractivity (Wildman–Crippen MR) is 88.8 cm³/mol. The van der Waals surface area contributed by atoms with E-state index in [-0.39, 0.29) is 11.3 Å². The van der Waals surface area contributed by atoms with Crippen molar-refractivity contribution < 1.29 is 9.72 Å². The Morgan fingerprint density at radius 3 is 2.39 bits per heavy atom. The fourth-order valence-corrected chi connectivity index (χ4v) is 2.44. The first-order chi connectivity index (χ1) is 10.9. The van der Waals surface area contributed by atoms with E-state index in [1.165, 1.54) is 18.2 Å². The summed E-state index contributed by atoms with van der Waals surface area (Å²) in [6, 6.07) is 9.81. The highest BCUT2D eigenvalue weighted by Crippen LogP contribution is 2.17. The highest BCUT2D eigenvalue weighted by molar-refractivity contribution is 5.98. The minimum Gasteiger partial charge on any atom is -0.267 e. The SMILES string of the molecule is Cc1cc(C)c(C=NNC(=O)c2ccccc2[N+](=O)[O-])c(C)c1. The van der Waals surface area contributed by atoms with Crippen LogP contribution in [0.1, 0.15) is 32.6 Å². The molecule has 118 valence electrons. The van der Waals surface area contributed by atoms with Gasteiger partial charge in [0.1, 0.15) is 5.56 Å². The van der Waals surface area contributed by atoms with Gasteiger partial charge in [-0.25, -0.2) is 5.43 Å². The molecule has 1 N–H and O–H groups in total. The zero-order chi connectivity index (χ0) is 17.0. The highest BCUT2D eigenvalue weighted by atomic mass is 16.6. The molecular weight excluding hydrogens is 294 g/mol. The highest BCUT2D eigenvalue weighted by Gasteiger charge is 2.18. The Hall–Kier alpha value is -3.02. The van der Waals surface area contributed by atoms with E-state index in [1.807, 2.05) is 32.9 Å². The molecule has 0 saturated carbocycles. The molecule has 0 fully saturated rings. The van der Waals surface area contributed by atoms with E-state index in [0.717, 1.165) is 22.3 Å². The first-order valence-corrected chi connectivity index (χ1v) is 7.05. The number of hydrogen-bond acceptors (Lipinski definition) is 4. The van der Waals surface area contributed by atoms with Crippen LogP contribution >= 0.6 is 0 Å². The van der Waals surface area contributed by atoms with Crippen molar-refractivity contribution in [2.45, 2.75) is 20.8 Å². The number of hydrogen-bond donors (Lipinski definition) is 1. The Labute approximate surface area is 134 Å². The van der Waals surface area contributed by atoms with Crippen LogP contribution in [0.2, 0.25) is 0 Å². The maximum Gasteiger partial charge on any atom is 0.282 e. The van der Waals surface area contributed by atoms with E-state index in [1.54, 1.807) is 12.3 Å². The van der Waals surface area contributed by atoms with Gasteiger partial charge in [-0.15, -0.1) is 0 Å². The Balaban J connectivity index is 2.19. The first kappa shape index (κ1) is 16.4. The van der Waals surface area contributed by atoms with Crippen molar-refractivity contribution in [3.05, 3.63) is 74.3 Å². The van der Waals surface area contributed by atoms with Crippen molar-refractivity contribution in [2.24, 2.45) is 5.10 Å². The molecule has 0 bridgehead atoms. The van der Waals surface area contributed by atoms with E-state index < -0.39 is 10.8 Å². The van der Waals surface area contributed by atoms with E-state index in [0.29, 0.717) is 0 Å². The standard InChI is InChI=1S/C17H17N3O3/c1-11-8-12(2)15(13(3)9-11)10-18-19-17(21)14-6-4-5-7-16(14)20(22)23/h4-10H,1-3H3,(H,19,21). The molecule has 0 aliphatic heterocycles. The molecule has 0 heterocycles. The molecule has 0 aliphatic carbocycles. The van der Waals surface area contributed by atoms with Crippen LogP contribution in [0.4, 0.5) is 5.69 Å². The summed E-state index contributed by atoms with van der Waals surface area (Å²) in [6.45, 7) is 5.94. The molecule has 0 aromatic heterocycles. The molecule has 2 aromatic rings. The van der Waals surface area contributed by atoms with Crippen LogP contribution in [0.5, 0.6) is 0 Å². The molecule has 6 heteroatoms. The van der Waals surface area contributed by atoms with Gasteiger partial charge in [0.2, 0.25) is 0 Å². The number of rotatable bonds is 4. The molecule has 2 aromatic carbocycles. The largest absolute Gasteiger partial charge is 0.282 e. The Morgan fingerprint density at radius 1 is 1.17 bits per heavy atom. The Bertz CT molecular complexity index is 774. The second kappa shape index (κ2) is 6.83. The zero-order valence-electron chi connectivity index (χ0n) is 13.2. The maximum absolute atomic E-state index is 12.1. The van der Waals surface area contributed by atoms with Crippen LogP contribution in [0.15, 0.2) is 41.5 Å². The monoisotopic (exact) mass is 311 g/mol.